The van der Waals surface area contributed by atoms with Gasteiger partial charge in [-0.2, -0.15) is 5.26 Å². The highest BCUT2D eigenvalue weighted by Crippen LogP contribution is 2.50. The van der Waals surface area contributed by atoms with E-state index < -0.39 is 0 Å². The maximum atomic E-state index is 9.94. The molecule has 0 radical (unpaired) electrons. The molecule has 1 heteroatoms. The van der Waals surface area contributed by atoms with Gasteiger partial charge in [0.25, 0.3) is 0 Å². The van der Waals surface area contributed by atoms with Gasteiger partial charge in [-0.3, -0.25) is 0 Å². The predicted octanol–water partition coefficient (Wildman–Crippen LogP) is 9.07. The van der Waals surface area contributed by atoms with Gasteiger partial charge in [-0.15, -0.1) is 0 Å². The van der Waals surface area contributed by atoms with Crippen LogP contribution in [0.5, 0.6) is 0 Å². The molecule has 0 aromatic heterocycles. The number of hydrogen-bond donors (Lipinski definition) is 0. The molecule has 0 bridgehead atoms. The molecule has 2 atom stereocenters. The Morgan fingerprint density at radius 2 is 1.31 bits per heavy atom. The Hall–Kier alpha value is -0.510. The minimum atomic E-state index is 0.0337. The minimum Gasteiger partial charge on any atom is -0.198 e. The molecule has 0 saturated heterocycles. The zero-order chi connectivity index (χ0) is 20.5. The lowest BCUT2D eigenvalue weighted by molar-refractivity contribution is 0.0815. The Balaban J connectivity index is 1.41. The van der Waals surface area contributed by atoms with Crippen LogP contribution < -0.4 is 0 Å². The summed E-state index contributed by atoms with van der Waals surface area (Å²) in [7, 11) is 0. The number of unbranched alkanes of at least 4 members (excludes halogenated alkanes) is 3. The van der Waals surface area contributed by atoms with Crippen molar-refractivity contribution in [1.82, 2.24) is 0 Å². The van der Waals surface area contributed by atoms with E-state index in [1.165, 1.54) is 116 Å². The van der Waals surface area contributed by atoms with Gasteiger partial charge in [0.15, 0.2) is 0 Å². The number of nitrogens with zero attached hydrogens (tertiary/aromatic N) is 1. The normalized spacial score (nSPS) is 38.4. The van der Waals surface area contributed by atoms with Gasteiger partial charge in [0.1, 0.15) is 0 Å². The molecule has 0 aliphatic heterocycles. The third kappa shape index (κ3) is 6.48. The van der Waals surface area contributed by atoms with Crippen molar-refractivity contribution in [3.8, 4) is 6.07 Å². The van der Waals surface area contributed by atoms with Crippen molar-refractivity contribution in [3.63, 3.8) is 0 Å². The Kier molecular flexibility index (Phi) is 9.40. The molecular formula is C28H49N. The Morgan fingerprint density at radius 1 is 0.724 bits per heavy atom. The van der Waals surface area contributed by atoms with Crippen molar-refractivity contribution in [2.45, 2.75) is 136 Å². The maximum absolute atomic E-state index is 9.94. The van der Waals surface area contributed by atoms with Gasteiger partial charge < -0.3 is 0 Å². The second-order valence-corrected chi connectivity index (χ2v) is 11.3. The second-order valence-electron chi connectivity index (χ2n) is 11.3. The summed E-state index contributed by atoms with van der Waals surface area (Å²) < 4.78 is 0. The van der Waals surface area contributed by atoms with Gasteiger partial charge in [0.2, 0.25) is 0 Å². The fourth-order valence-electron chi connectivity index (χ4n) is 7.43. The van der Waals surface area contributed by atoms with E-state index in [-0.39, 0.29) is 5.41 Å². The van der Waals surface area contributed by atoms with E-state index in [9.17, 15) is 5.26 Å². The lowest BCUT2D eigenvalue weighted by Gasteiger charge is -2.43. The molecule has 3 aliphatic rings. The molecule has 0 amide bonds. The summed E-state index contributed by atoms with van der Waals surface area (Å²) in [6, 6.07) is 2.80. The summed E-state index contributed by atoms with van der Waals surface area (Å²) in [5.41, 5.74) is 0.0337. The number of rotatable bonds is 9. The summed E-state index contributed by atoms with van der Waals surface area (Å²) in [6.07, 6.45) is 26.6. The Morgan fingerprint density at radius 3 is 1.90 bits per heavy atom. The van der Waals surface area contributed by atoms with E-state index in [1.807, 2.05) is 0 Å². The molecule has 0 aromatic rings. The van der Waals surface area contributed by atoms with Crippen LogP contribution in [0.2, 0.25) is 0 Å². The molecule has 0 heterocycles. The highest BCUT2D eigenvalue weighted by Gasteiger charge is 2.40. The van der Waals surface area contributed by atoms with Gasteiger partial charge >= 0.3 is 0 Å². The SMILES string of the molecule is CCCCC[C@H]1CC[C@H](C2CCC(C3CCCC(C#N)(CCCC)C3)CC2)CC1. The standard InChI is InChI=1S/C28H49N/c1-3-5-7-9-23-11-13-24(14-12-23)25-15-17-26(18-16-25)27-10-8-20-28(21-27,22-29)19-6-4-2/h23-27H,3-21H2,1-2H3/t23-,24-,25?,26?,27?,28?. The van der Waals surface area contributed by atoms with Crippen LogP contribution in [0.15, 0.2) is 0 Å². The van der Waals surface area contributed by atoms with Crippen LogP contribution in [0.3, 0.4) is 0 Å². The summed E-state index contributed by atoms with van der Waals surface area (Å²) in [5, 5.41) is 9.94. The fourth-order valence-corrected chi connectivity index (χ4v) is 7.43. The van der Waals surface area contributed by atoms with Gasteiger partial charge in [-0.05, 0) is 87.4 Å². The van der Waals surface area contributed by atoms with Crippen molar-refractivity contribution < 1.29 is 0 Å². The first-order valence-electron chi connectivity index (χ1n) is 13.6. The first-order valence-corrected chi connectivity index (χ1v) is 13.6. The summed E-state index contributed by atoms with van der Waals surface area (Å²) in [5.74, 6) is 4.93. The lowest BCUT2D eigenvalue weighted by Crippen LogP contribution is -2.34. The molecule has 1 nitrogen and oxygen atoms in total. The zero-order valence-electron chi connectivity index (χ0n) is 19.8. The van der Waals surface area contributed by atoms with Gasteiger partial charge in [0.05, 0.1) is 11.5 Å². The van der Waals surface area contributed by atoms with Gasteiger partial charge in [0, 0.05) is 0 Å². The molecule has 0 spiro atoms. The molecule has 2 unspecified atom stereocenters. The third-order valence-corrected chi connectivity index (χ3v) is 9.39. The average Bonchev–Trinajstić information content (AvgIpc) is 2.79. The van der Waals surface area contributed by atoms with Gasteiger partial charge in [-0.25, -0.2) is 0 Å². The molecule has 29 heavy (non-hydrogen) atoms. The van der Waals surface area contributed by atoms with Crippen molar-refractivity contribution >= 4 is 0 Å². The molecule has 0 N–H and O–H groups in total. The lowest BCUT2D eigenvalue weighted by atomic mass is 9.61. The van der Waals surface area contributed by atoms with Crippen LogP contribution in [0.4, 0.5) is 0 Å². The van der Waals surface area contributed by atoms with Crippen LogP contribution in [0, 0.1) is 46.3 Å². The van der Waals surface area contributed by atoms with Gasteiger partial charge in [-0.1, -0.05) is 78.1 Å². The summed E-state index contributed by atoms with van der Waals surface area (Å²) >= 11 is 0. The van der Waals surface area contributed by atoms with Crippen molar-refractivity contribution in [2.24, 2.45) is 35.0 Å². The molecule has 3 saturated carbocycles. The fraction of sp³-hybridized carbons (Fsp3) is 0.964. The monoisotopic (exact) mass is 399 g/mol. The van der Waals surface area contributed by atoms with Crippen molar-refractivity contribution in [1.29, 1.82) is 5.26 Å². The molecule has 0 aromatic carbocycles. The third-order valence-electron chi connectivity index (χ3n) is 9.39. The van der Waals surface area contributed by atoms with E-state index in [4.69, 9.17) is 0 Å². The molecule has 3 rings (SSSR count). The van der Waals surface area contributed by atoms with Crippen LogP contribution in [-0.4, -0.2) is 0 Å². The molecular weight excluding hydrogens is 350 g/mol. The smallest absolute Gasteiger partial charge is 0.0689 e. The van der Waals surface area contributed by atoms with Crippen LogP contribution in [-0.2, 0) is 0 Å². The van der Waals surface area contributed by atoms with Crippen LogP contribution in [0.1, 0.15) is 136 Å². The van der Waals surface area contributed by atoms with E-state index >= 15 is 0 Å². The van der Waals surface area contributed by atoms with Crippen LogP contribution in [0.25, 0.3) is 0 Å². The molecule has 3 aliphatic carbocycles. The van der Waals surface area contributed by atoms with E-state index in [0.29, 0.717) is 0 Å². The zero-order valence-corrected chi connectivity index (χ0v) is 19.8. The van der Waals surface area contributed by atoms with E-state index in [0.717, 1.165) is 36.0 Å². The summed E-state index contributed by atoms with van der Waals surface area (Å²) in [6.45, 7) is 4.59. The molecule has 3 fully saturated rings. The van der Waals surface area contributed by atoms with Crippen molar-refractivity contribution in [3.05, 3.63) is 0 Å². The first-order chi connectivity index (χ1) is 14.2. The Bertz CT molecular complexity index is 489. The second kappa shape index (κ2) is 11.8. The number of hydrogen-bond acceptors (Lipinski definition) is 1. The molecule has 166 valence electrons. The average molecular weight is 400 g/mol. The Labute approximate surface area is 182 Å². The highest BCUT2D eigenvalue weighted by atomic mass is 14.5. The van der Waals surface area contributed by atoms with Crippen molar-refractivity contribution in [2.75, 3.05) is 0 Å². The summed E-state index contributed by atoms with van der Waals surface area (Å²) in [4.78, 5) is 0. The highest BCUT2D eigenvalue weighted by molar-refractivity contribution is 5.03. The van der Waals surface area contributed by atoms with Crippen LogP contribution >= 0.6 is 0 Å². The maximum Gasteiger partial charge on any atom is 0.0689 e. The first kappa shape index (κ1) is 23.2. The number of nitriles is 1. The predicted molar refractivity (Wildman–Crippen MR) is 125 cm³/mol. The quantitative estimate of drug-likeness (QED) is 0.355. The van der Waals surface area contributed by atoms with E-state index in [1.54, 1.807) is 0 Å². The topological polar surface area (TPSA) is 23.8 Å². The van der Waals surface area contributed by atoms with E-state index in [2.05, 4.69) is 19.9 Å². The minimum absolute atomic E-state index is 0.0337. The largest absolute Gasteiger partial charge is 0.198 e.